The molecule has 1 aliphatic carbocycles. The lowest BCUT2D eigenvalue weighted by atomic mass is 9.71. The van der Waals surface area contributed by atoms with E-state index in [9.17, 15) is 5.11 Å². The van der Waals surface area contributed by atoms with Gasteiger partial charge >= 0.3 is 0 Å². The SMILES string of the molecule is CC(C)(C)C1CCC(N2CCC[C@H](CO)C2)CC1. The summed E-state index contributed by atoms with van der Waals surface area (Å²) in [6.45, 7) is 9.96. The minimum atomic E-state index is 0.383. The molecule has 2 aliphatic rings. The Kier molecular flexibility index (Phi) is 4.71. The van der Waals surface area contributed by atoms with E-state index in [1.807, 2.05) is 0 Å². The van der Waals surface area contributed by atoms with E-state index in [-0.39, 0.29) is 0 Å². The van der Waals surface area contributed by atoms with Gasteiger partial charge in [-0.15, -0.1) is 0 Å². The zero-order valence-corrected chi connectivity index (χ0v) is 12.5. The fourth-order valence-corrected chi connectivity index (χ4v) is 3.88. The van der Waals surface area contributed by atoms with Gasteiger partial charge in [0.2, 0.25) is 0 Å². The lowest BCUT2D eigenvalue weighted by Gasteiger charge is -2.43. The van der Waals surface area contributed by atoms with E-state index in [0.29, 0.717) is 17.9 Å². The van der Waals surface area contributed by atoms with Crippen molar-refractivity contribution in [3.63, 3.8) is 0 Å². The van der Waals surface area contributed by atoms with Crippen molar-refractivity contribution in [2.75, 3.05) is 19.7 Å². The molecule has 1 N–H and O–H groups in total. The van der Waals surface area contributed by atoms with E-state index >= 15 is 0 Å². The Morgan fingerprint density at radius 3 is 2.28 bits per heavy atom. The Labute approximate surface area is 113 Å². The molecule has 0 aromatic rings. The Morgan fingerprint density at radius 1 is 1.06 bits per heavy atom. The Morgan fingerprint density at radius 2 is 1.72 bits per heavy atom. The first-order valence-corrected chi connectivity index (χ1v) is 7.85. The lowest BCUT2D eigenvalue weighted by Crippen LogP contribution is -2.45. The molecule has 0 aromatic carbocycles. The molecule has 2 fully saturated rings. The first-order chi connectivity index (χ1) is 8.50. The maximum absolute atomic E-state index is 9.33. The van der Waals surface area contributed by atoms with Gasteiger partial charge in [-0.25, -0.2) is 0 Å². The zero-order valence-electron chi connectivity index (χ0n) is 12.5. The van der Waals surface area contributed by atoms with E-state index < -0.39 is 0 Å². The van der Waals surface area contributed by atoms with Gasteiger partial charge in [0.25, 0.3) is 0 Å². The van der Waals surface area contributed by atoms with Gasteiger partial charge in [0.15, 0.2) is 0 Å². The summed E-state index contributed by atoms with van der Waals surface area (Å²) in [4.78, 5) is 2.67. The summed E-state index contributed by atoms with van der Waals surface area (Å²) in [6, 6.07) is 0.804. The molecule has 2 rings (SSSR count). The fraction of sp³-hybridized carbons (Fsp3) is 1.00. The molecule has 1 aliphatic heterocycles. The molecule has 106 valence electrons. The summed E-state index contributed by atoms with van der Waals surface area (Å²) in [7, 11) is 0. The molecule has 18 heavy (non-hydrogen) atoms. The van der Waals surface area contributed by atoms with Crippen molar-refractivity contribution >= 4 is 0 Å². The van der Waals surface area contributed by atoms with Crippen LogP contribution in [0.2, 0.25) is 0 Å². The van der Waals surface area contributed by atoms with Crippen molar-refractivity contribution in [1.29, 1.82) is 0 Å². The van der Waals surface area contributed by atoms with E-state index in [2.05, 4.69) is 25.7 Å². The minimum absolute atomic E-state index is 0.383. The van der Waals surface area contributed by atoms with Crippen LogP contribution < -0.4 is 0 Å². The highest BCUT2D eigenvalue weighted by molar-refractivity contribution is 4.86. The molecule has 1 saturated heterocycles. The van der Waals surface area contributed by atoms with Crippen LogP contribution in [0, 0.1) is 17.3 Å². The van der Waals surface area contributed by atoms with Gasteiger partial charge in [-0.3, -0.25) is 0 Å². The smallest absolute Gasteiger partial charge is 0.0471 e. The molecule has 2 heteroatoms. The molecule has 0 aromatic heterocycles. The van der Waals surface area contributed by atoms with Crippen LogP contribution in [0.15, 0.2) is 0 Å². The molecule has 1 saturated carbocycles. The minimum Gasteiger partial charge on any atom is -0.396 e. The molecular formula is C16H31NO. The van der Waals surface area contributed by atoms with Crippen molar-refractivity contribution in [2.45, 2.75) is 65.3 Å². The lowest BCUT2D eigenvalue weighted by molar-refractivity contribution is 0.0498. The predicted octanol–water partition coefficient (Wildman–Crippen LogP) is 3.30. The second kappa shape index (κ2) is 5.92. The van der Waals surface area contributed by atoms with E-state index in [1.54, 1.807) is 0 Å². The van der Waals surface area contributed by atoms with Crippen LogP contribution >= 0.6 is 0 Å². The van der Waals surface area contributed by atoms with Crippen molar-refractivity contribution in [3.05, 3.63) is 0 Å². The van der Waals surface area contributed by atoms with Gasteiger partial charge in [-0.2, -0.15) is 0 Å². The molecule has 0 radical (unpaired) electrons. The Balaban J connectivity index is 1.82. The average Bonchev–Trinajstić information content (AvgIpc) is 2.38. The second-order valence-corrected chi connectivity index (χ2v) is 7.56. The zero-order chi connectivity index (χ0) is 13.2. The van der Waals surface area contributed by atoms with Crippen molar-refractivity contribution in [1.82, 2.24) is 4.90 Å². The van der Waals surface area contributed by atoms with E-state index in [1.165, 1.54) is 45.1 Å². The number of hydrogen-bond acceptors (Lipinski definition) is 2. The van der Waals surface area contributed by atoms with Gasteiger partial charge in [-0.05, 0) is 62.3 Å². The maximum atomic E-state index is 9.33. The second-order valence-electron chi connectivity index (χ2n) is 7.56. The summed E-state index contributed by atoms with van der Waals surface area (Å²) in [5.41, 5.74) is 0.487. The van der Waals surface area contributed by atoms with Gasteiger partial charge in [0, 0.05) is 19.2 Å². The third kappa shape index (κ3) is 3.48. The monoisotopic (exact) mass is 253 g/mol. The Hall–Kier alpha value is -0.0800. The summed E-state index contributed by atoms with van der Waals surface area (Å²) in [5, 5.41) is 9.33. The van der Waals surface area contributed by atoms with Crippen LogP contribution in [0.5, 0.6) is 0 Å². The largest absolute Gasteiger partial charge is 0.396 e. The topological polar surface area (TPSA) is 23.5 Å². The summed E-state index contributed by atoms with van der Waals surface area (Å²) in [6.07, 6.45) is 8.05. The van der Waals surface area contributed by atoms with Gasteiger partial charge in [-0.1, -0.05) is 20.8 Å². The Bertz CT molecular complexity index is 250. The molecule has 1 atom stereocenters. The predicted molar refractivity (Wildman–Crippen MR) is 76.6 cm³/mol. The quantitative estimate of drug-likeness (QED) is 0.816. The molecule has 0 bridgehead atoms. The molecular weight excluding hydrogens is 222 g/mol. The van der Waals surface area contributed by atoms with Gasteiger partial charge in [0.1, 0.15) is 0 Å². The molecule has 1 heterocycles. The number of rotatable bonds is 2. The number of aliphatic hydroxyl groups excluding tert-OH is 1. The molecule has 0 amide bonds. The number of likely N-dealkylation sites (tertiary alicyclic amines) is 1. The summed E-state index contributed by atoms with van der Waals surface area (Å²) in [5.74, 6) is 1.45. The van der Waals surface area contributed by atoms with Crippen LogP contribution in [0.3, 0.4) is 0 Å². The molecule has 0 unspecified atom stereocenters. The highest BCUT2D eigenvalue weighted by atomic mass is 16.3. The fourth-order valence-electron chi connectivity index (χ4n) is 3.88. The first kappa shape index (κ1) is 14.3. The van der Waals surface area contributed by atoms with Crippen LogP contribution in [0.4, 0.5) is 0 Å². The van der Waals surface area contributed by atoms with E-state index in [0.717, 1.165) is 18.5 Å². The highest BCUT2D eigenvalue weighted by Crippen LogP contribution is 2.39. The van der Waals surface area contributed by atoms with Crippen molar-refractivity contribution in [3.8, 4) is 0 Å². The number of piperidine rings is 1. The number of hydrogen-bond donors (Lipinski definition) is 1. The average molecular weight is 253 g/mol. The van der Waals surface area contributed by atoms with E-state index in [4.69, 9.17) is 0 Å². The number of aliphatic hydroxyl groups is 1. The molecule has 2 nitrogen and oxygen atoms in total. The first-order valence-electron chi connectivity index (χ1n) is 7.85. The van der Waals surface area contributed by atoms with Crippen LogP contribution in [-0.2, 0) is 0 Å². The molecule has 0 spiro atoms. The van der Waals surface area contributed by atoms with Crippen molar-refractivity contribution < 1.29 is 5.11 Å². The van der Waals surface area contributed by atoms with Crippen LogP contribution in [-0.4, -0.2) is 35.7 Å². The van der Waals surface area contributed by atoms with Crippen LogP contribution in [0.25, 0.3) is 0 Å². The summed E-state index contributed by atoms with van der Waals surface area (Å²) < 4.78 is 0. The maximum Gasteiger partial charge on any atom is 0.0471 e. The third-order valence-electron chi connectivity index (χ3n) is 5.25. The van der Waals surface area contributed by atoms with Gasteiger partial charge in [0.05, 0.1) is 0 Å². The van der Waals surface area contributed by atoms with Crippen molar-refractivity contribution in [2.24, 2.45) is 17.3 Å². The highest BCUT2D eigenvalue weighted by Gasteiger charge is 2.33. The standard InChI is InChI=1S/C16H31NO/c1-16(2,3)14-6-8-15(9-7-14)17-10-4-5-13(11-17)12-18/h13-15,18H,4-12H2,1-3H3/t13-,14?,15?/m0/s1. The number of nitrogens with zero attached hydrogens (tertiary/aromatic N) is 1. The van der Waals surface area contributed by atoms with Crippen LogP contribution in [0.1, 0.15) is 59.3 Å². The normalized spacial score (nSPS) is 35.7. The van der Waals surface area contributed by atoms with Gasteiger partial charge < -0.3 is 10.0 Å². The third-order valence-corrected chi connectivity index (χ3v) is 5.25. The summed E-state index contributed by atoms with van der Waals surface area (Å²) >= 11 is 0.